The highest BCUT2D eigenvalue weighted by Gasteiger charge is 2.42. The van der Waals surface area contributed by atoms with E-state index in [1.165, 1.54) is 0 Å². The number of nitriles is 1. The van der Waals surface area contributed by atoms with Crippen LogP contribution in [0.5, 0.6) is 5.75 Å². The van der Waals surface area contributed by atoms with E-state index < -0.39 is 11.4 Å². The van der Waals surface area contributed by atoms with Gasteiger partial charge in [0.25, 0.3) is 0 Å². The highest BCUT2D eigenvalue weighted by molar-refractivity contribution is 6.01. The van der Waals surface area contributed by atoms with Gasteiger partial charge in [-0.05, 0) is 43.9 Å². The van der Waals surface area contributed by atoms with Gasteiger partial charge in [-0.3, -0.25) is 4.98 Å². The van der Waals surface area contributed by atoms with Crippen molar-refractivity contribution >= 4 is 22.6 Å². The molecular formula is C23H24FN5O. The molecule has 7 heteroatoms. The molecule has 0 bridgehead atoms. The number of aryl methyl sites for hydroxylation is 1. The van der Waals surface area contributed by atoms with Crippen LogP contribution in [-0.4, -0.2) is 23.7 Å². The number of halogens is 1. The average Bonchev–Trinajstić information content (AvgIpc) is 2.73. The molecule has 6 nitrogen and oxygen atoms in total. The number of benzene rings is 1. The number of pyridine rings is 1. The lowest BCUT2D eigenvalue weighted by Crippen LogP contribution is -2.50. The topological polar surface area (TPSA) is 87.2 Å². The zero-order valence-electron chi connectivity index (χ0n) is 17.1. The Morgan fingerprint density at radius 1 is 1.47 bits per heavy atom. The number of nitrogens with two attached hydrogens (primary N) is 1. The second-order valence-corrected chi connectivity index (χ2v) is 8.15. The molecule has 0 amide bonds. The summed E-state index contributed by atoms with van der Waals surface area (Å²) in [5.41, 5.74) is 8.98. The van der Waals surface area contributed by atoms with Crippen LogP contribution in [0.3, 0.4) is 0 Å². The van der Waals surface area contributed by atoms with E-state index >= 15 is 4.39 Å². The molecule has 0 atom stereocenters. The summed E-state index contributed by atoms with van der Waals surface area (Å²) in [5, 5.41) is 12.7. The predicted octanol–water partition coefficient (Wildman–Crippen LogP) is 4.26. The van der Waals surface area contributed by atoms with Crippen LogP contribution in [0, 0.1) is 17.1 Å². The highest BCUT2D eigenvalue weighted by Crippen LogP contribution is 2.54. The van der Waals surface area contributed by atoms with Crippen LogP contribution in [0.25, 0.3) is 5.57 Å². The third-order valence-electron chi connectivity index (χ3n) is 5.54. The Labute approximate surface area is 175 Å². The Balaban J connectivity index is 1.69. The molecule has 2 aliphatic rings. The molecule has 2 aliphatic heterocycles. The van der Waals surface area contributed by atoms with Crippen molar-refractivity contribution in [2.24, 2.45) is 0 Å². The molecule has 3 N–H and O–H groups in total. The lowest BCUT2D eigenvalue weighted by atomic mass is 9.88. The lowest BCUT2D eigenvalue weighted by molar-refractivity contribution is 0.222. The average molecular weight is 405 g/mol. The summed E-state index contributed by atoms with van der Waals surface area (Å²) >= 11 is 0. The number of rotatable bonds is 5. The van der Waals surface area contributed by atoms with Crippen molar-refractivity contribution in [3.63, 3.8) is 0 Å². The van der Waals surface area contributed by atoms with Gasteiger partial charge in [-0.25, -0.2) is 4.39 Å². The summed E-state index contributed by atoms with van der Waals surface area (Å²) in [6.45, 7) is 8.87. The molecule has 0 aliphatic carbocycles. The van der Waals surface area contributed by atoms with E-state index in [9.17, 15) is 5.26 Å². The maximum atomic E-state index is 15.3. The van der Waals surface area contributed by atoms with Gasteiger partial charge in [-0.1, -0.05) is 12.6 Å². The molecule has 154 valence electrons. The Morgan fingerprint density at radius 2 is 2.27 bits per heavy atom. The summed E-state index contributed by atoms with van der Waals surface area (Å²) in [5.74, 6) is -0.170. The Bertz CT molecular complexity index is 1090. The van der Waals surface area contributed by atoms with Gasteiger partial charge in [0.1, 0.15) is 18.4 Å². The minimum atomic E-state index is -0.579. The highest BCUT2D eigenvalue weighted by atomic mass is 19.1. The number of aromatic nitrogens is 1. The lowest BCUT2D eigenvalue weighted by Gasteiger charge is -2.46. The quantitative estimate of drug-likeness (QED) is 0.571. The van der Waals surface area contributed by atoms with Crippen molar-refractivity contribution in [1.29, 1.82) is 5.26 Å². The molecule has 0 spiro atoms. The summed E-state index contributed by atoms with van der Waals surface area (Å²) < 4.78 is 21.3. The van der Waals surface area contributed by atoms with Gasteiger partial charge >= 0.3 is 0 Å². The standard InChI is InChI=1S/C23H24FN5O/c1-14-16(10-25)12-29-21-17(14)19(26)18(24)20(22(21)30-13-23(29,2)3)28-9-5-7-15-6-4-8-27-11-15/h4,6,8,11-12,28H,1,5,7,9,13,26H2,2-3H3. The first-order valence-corrected chi connectivity index (χ1v) is 9.86. The Hall–Kier alpha value is -3.53. The smallest absolute Gasteiger partial charge is 0.173 e. The van der Waals surface area contributed by atoms with Crippen molar-refractivity contribution < 1.29 is 9.13 Å². The van der Waals surface area contributed by atoms with Crippen molar-refractivity contribution in [2.45, 2.75) is 32.2 Å². The van der Waals surface area contributed by atoms with Crippen molar-refractivity contribution in [3.8, 4) is 11.8 Å². The molecule has 1 aromatic heterocycles. The monoisotopic (exact) mass is 405 g/mol. The molecule has 4 rings (SSSR count). The van der Waals surface area contributed by atoms with E-state index in [4.69, 9.17) is 10.5 Å². The largest absolute Gasteiger partial charge is 0.487 e. The fraction of sp³-hybridized carbons (Fsp3) is 0.304. The van der Waals surface area contributed by atoms with E-state index in [2.05, 4.69) is 22.9 Å². The van der Waals surface area contributed by atoms with Gasteiger partial charge in [0.05, 0.1) is 22.5 Å². The second kappa shape index (κ2) is 7.38. The summed E-state index contributed by atoms with van der Waals surface area (Å²) in [7, 11) is 0. The number of nitrogen functional groups attached to an aromatic ring is 1. The van der Waals surface area contributed by atoms with Crippen LogP contribution in [-0.2, 0) is 6.42 Å². The first-order chi connectivity index (χ1) is 14.3. The molecule has 0 unspecified atom stereocenters. The molecule has 30 heavy (non-hydrogen) atoms. The van der Waals surface area contributed by atoms with E-state index in [0.717, 1.165) is 18.4 Å². The molecule has 0 saturated heterocycles. The third kappa shape index (κ3) is 3.14. The van der Waals surface area contributed by atoms with E-state index in [0.29, 0.717) is 41.3 Å². The number of ether oxygens (including phenoxy) is 1. The molecule has 1 aromatic carbocycles. The van der Waals surface area contributed by atoms with Crippen molar-refractivity contribution in [3.05, 3.63) is 59.8 Å². The first kappa shape index (κ1) is 19.8. The number of nitrogens with one attached hydrogen (secondary N) is 1. The van der Waals surface area contributed by atoms with Crippen LogP contribution >= 0.6 is 0 Å². The zero-order valence-corrected chi connectivity index (χ0v) is 17.1. The number of hydrogen-bond donors (Lipinski definition) is 2. The van der Waals surface area contributed by atoms with E-state index in [-0.39, 0.29) is 11.4 Å². The number of anilines is 3. The third-order valence-corrected chi connectivity index (χ3v) is 5.54. The van der Waals surface area contributed by atoms with E-state index in [1.807, 2.05) is 37.1 Å². The Morgan fingerprint density at radius 3 is 2.97 bits per heavy atom. The van der Waals surface area contributed by atoms with Crippen LogP contribution in [0.15, 0.2) is 42.9 Å². The molecule has 0 fully saturated rings. The number of nitrogens with zero attached hydrogens (tertiary/aromatic N) is 3. The number of hydrogen-bond acceptors (Lipinski definition) is 6. The normalized spacial score (nSPS) is 16.3. The fourth-order valence-corrected chi connectivity index (χ4v) is 3.89. The van der Waals surface area contributed by atoms with Crippen LogP contribution in [0.2, 0.25) is 0 Å². The van der Waals surface area contributed by atoms with Gasteiger partial charge < -0.3 is 20.7 Å². The van der Waals surface area contributed by atoms with Gasteiger partial charge in [0, 0.05) is 30.7 Å². The molecule has 3 heterocycles. The van der Waals surface area contributed by atoms with Crippen molar-refractivity contribution in [2.75, 3.05) is 29.1 Å². The maximum Gasteiger partial charge on any atom is 0.173 e. The first-order valence-electron chi connectivity index (χ1n) is 9.86. The van der Waals surface area contributed by atoms with Gasteiger partial charge in [0.15, 0.2) is 11.6 Å². The molecule has 0 radical (unpaired) electrons. The maximum absolute atomic E-state index is 15.3. The summed E-state index contributed by atoms with van der Waals surface area (Å²) in [4.78, 5) is 6.06. The molecule has 0 saturated carbocycles. The fourth-order valence-electron chi connectivity index (χ4n) is 3.89. The van der Waals surface area contributed by atoms with Gasteiger partial charge in [-0.15, -0.1) is 0 Å². The number of allylic oxidation sites excluding steroid dienone is 2. The van der Waals surface area contributed by atoms with Gasteiger partial charge in [-0.2, -0.15) is 5.26 Å². The molecule has 2 aromatic rings. The summed E-state index contributed by atoms with van der Waals surface area (Å²) in [6.07, 6.45) is 6.93. The van der Waals surface area contributed by atoms with E-state index in [1.54, 1.807) is 12.4 Å². The predicted molar refractivity (Wildman–Crippen MR) is 117 cm³/mol. The Kier molecular flexibility index (Phi) is 4.86. The van der Waals surface area contributed by atoms with Gasteiger partial charge in [0.2, 0.25) is 0 Å². The minimum absolute atomic E-state index is 0.0272. The van der Waals surface area contributed by atoms with Crippen LogP contribution in [0.4, 0.5) is 21.5 Å². The minimum Gasteiger partial charge on any atom is -0.487 e. The SMILES string of the molecule is C=C1C(C#N)=CN2c3c(c(NCCCc4cccnc4)c(F)c(N)c31)OCC2(C)C. The second-order valence-electron chi connectivity index (χ2n) is 8.15. The van der Waals surface area contributed by atoms with Crippen LogP contribution in [0.1, 0.15) is 31.4 Å². The molecular weight excluding hydrogens is 381 g/mol. The van der Waals surface area contributed by atoms with Crippen LogP contribution < -0.4 is 20.7 Å². The van der Waals surface area contributed by atoms with Crippen molar-refractivity contribution in [1.82, 2.24) is 4.98 Å². The zero-order chi connectivity index (χ0) is 21.5. The summed E-state index contributed by atoms with van der Waals surface area (Å²) in [6, 6.07) is 6.05.